The summed E-state index contributed by atoms with van der Waals surface area (Å²) in [6.45, 7) is 0. The number of carboxylic acids is 2. The molecule has 0 unspecified atom stereocenters. The van der Waals surface area contributed by atoms with Crippen LogP contribution >= 0.6 is 0 Å². The molecule has 0 aliphatic rings. The van der Waals surface area contributed by atoms with Crippen molar-refractivity contribution in [1.82, 2.24) is 4.72 Å². The molecule has 0 bridgehead atoms. The lowest BCUT2D eigenvalue weighted by molar-refractivity contribution is -0.140. The third kappa shape index (κ3) is 7.26. The summed E-state index contributed by atoms with van der Waals surface area (Å²) in [6.07, 6.45) is -0.364. The Labute approximate surface area is 97.9 Å². The summed E-state index contributed by atoms with van der Waals surface area (Å²) < 4.78 is 24.1. The Balaban J connectivity index is 4.41. The summed E-state index contributed by atoms with van der Waals surface area (Å²) in [5, 5.41) is 25.3. The summed E-state index contributed by atoms with van der Waals surface area (Å²) in [5.74, 6) is -3.33. The van der Waals surface area contributed by atoms with Crippen molar-refractivity contribution in [2.75, 3.05) is 5.75 Å². The normalized spacial score (nSPS) is 12.6. The van der Waals surface area contributed by atoms with E-state index in [0.717, 1.165) is 0 Å². The van der Waals surface area contributed by atoms with E-state index in [1.807, 2.05) is 4.72 Å². The van der Waals surface area contributed by atoms with E-state index in [0.29, 0.717) is 0 Å². The fourth-order valence-corrected chi connectivity index (χ4v) is 1.94. The molecule has 1 atom stereocenters. The van der Waals surface area contributed by atoms with Crippen LogP contribution in [0.2, 0.25) is 0 Å². The number of sulfonamides is 1. The molecule has 0 fully saturated rings. The minimum Gasteiger partial charge on any atom is -0.481 e. The van der Waals surface area contributed by atoms with Crippen LogP contribution in [0.1, 0.15) is 19.3 Å². The van der Waals surface area contributed by atoms with Crippen LogP contribution in [0.5, 0.6) is 0 Å². The quantitative estimate of drug-likeness (QED) is 0.517. The molecule has 0 aliphatic heterocycles. The zero-order chi connectivity index (χ0) is 13.5. The van der Waals surface area contributed by atoms with Gasteiger partial charge in [-0.3, -0.25) is 9.59 Å². The second-order valence-corrected chi connectivity index (χ2v) is 4.97. The zero-order valence-electron chi connectivity index (χ0n) is 8.79. The molecule has 0 radical (unpaired) electrons. The minimum atomic E-state index is -3.97. The molecule has 0 spiro atoms. The Hall–Kier alpha value is -1.66. The average Bonchev–Trinajstić information content (AvgIpc) is 2.14. The minimum absolute atomic E-state index is 0.0291. The van der Waals surface area contributed by atoms with Crippen LogP contribution in [-0.2, 0) is 19.6 Å². The smallest absolute Gasteiger partial charge is 0.321 e. The van der Waals surface area contributed by atoms with E-state index in [1.165, 1.54) is 6.07 Å². The van der Waals surface area contributed by atoms with Crippen LogP contribution in [0, 0.1) is 11.3 Å². The molecule has 0 saturated carbocycles. The van der Waals surface area contributed by atoms with Gasteiger partial charge in [-0.1, -0.05) is 0 Å². The van der Waals surface area contributed by atoms with Crippen LogP contribution in [0.3, 0.4) is 0 Å². The summed E-state index contributed by atoms with van der Waals surface area (Å²) >= 11 is 0. The highest BCUT2D eigenvalue weighted by Crippen LogP contribution is 2.03. The maximum Gasteiger partial charge on any atom is 0.321 e. The number of rotatable bonds is 8. The topological polar surface area (TPSA) is 145 Å². The Morgan fingerprint density at radius 2 is 1.94 bits per heavy atom. The first-order chi connectivity index (χ1) is 7.78. The van der Waals surface area contributed by atoms with Gasteiger partial charge in [-0.25, -0.2) is 13.1 Å². The van der Waals surface area contributed by atoms with E-state index < -0.39 is 33.8 Å². The van der Waals surface area contributed by atoms with E-state index in [9.17, 15) is 18.0 Å². The SMILES string of the molecule is N#CCS(=O)(=O)N[C@H](CCCC(=O)O)C(=O)O. The van der Waals surface area contributed by atoms with Gasteiger partial charge in [-0.15, -0.1) is 0 Å². The van der Waals surface area contributed by atoms with Gasteiger partial charge in [0.05, 0.1) is 6.07 Å². The first-order valence-corrected chi connectivity index (χ1v) is 6.25. The lowest BCUT2D eigenvalue weighted by atomic mass is 10.1. The molecule has 0 amide bonds. The highest BCUT2D eigenvalue weighted by atomic mass is 32.2. The van der Waals surface area contributed by atoms with Crippen molar-refractivity contribution in [2.24, 2.45) is 0 Å². The molecule has 96 valence electrons. The first-order valence-electron chi connectivity index (χ1n) is 4.60. The van der Waals surface area contributed by atoms with E-state index in [1.54, 1.807) is 0 Å². The fourth-order valence-electron chi connectivity index (χ4n) is 1.03. The highest BCUT2D eigenvalue weighted by molar-refractivity contribution is 7.89. The molecule has 0 aromatic carbocycles. The number of nitrogens with one attached hydrogen (secondary N) is 1. The number of hydrogen-bond acceptors (Lipinski definition) is 5. The summed E-state index contributed by atoms with van der Waals surface area (Å²) in [6, 6.07) is -0.0205. The molecule has 0 aliphatic carbocycles. The summed E-state index contributed by atoms with van der Waals surface area (Å²) in [4.78, 5) is 20.9. The fraction of sp³-hybridized carbons (Fsp3) is 0.625. The summed E-state index contributed by atoms with van der Waals surface area (Å²) in [5.41, 5.74) is 0. The number of aliphatic carboxylic acids is 2. The van der Waals surface area contributed by atoms with Crippen molar-refractivity contribution in [3.63, 3.8) is 0 Å². The zero-order valence-corrected chi connectivity index (χ0v) is 9.61. The van der Waals surface area contributed by atoms with Gasteiger partial charge in [0, 0.05) is 6.42 Å². The second-order valence-electron chi connectivity index (χ2n) is 3.21. The van der Waals surface area contributed by atoms with Crippen molar-refractivity contribution in [1.29, 1.82) is 5.26 Å². The molecular weight excluding hydrogens is 252 g/mol. The number of hydrogen-bond donors (Lipinski definition) is 3. The maximum atomic E-state index is 11.1. The van der Waals surface area contributed by atoms with Crippen LogP contribution in [0.4, 0.5) is 0 Å². The molecule has 0 aromatic rings. The van der Waals surface area contributed by atoms with Gasteiger partial charge in [0.15, 0.2) is 5.75 Å². The lowest BCUT2D eigenvalue weighted by Gasteiger charge is -2.12. The second kappa shape index (κ2) is 6.82. The third-order valence-electron chi connectivity index (χ3n) is 1.76. The predicted molar refractivity (Wildman–Crippen MR) is 55.4 cm³/mol. The van der Waals surface area contributed by atoms with Gasteiger partial charge in [-0.05, 0) is 12.8 Å². The van der Waals surface area contributed by atoms with Crippen LogP contribution in [0.15, 0.2) is 0 Å². The van der Waals surface area contributed by atoms with Crippen LogP contribution < -0.4 is 4.72 Å². The number of carboxylic acid groups (broad SMARTS) is 2. The van der Waals surface area contributed by atoms with E-state index in [-0.39, 0.29) is 19.3 Å². The third-order valence-corrected chi connectivity index (χ3v) is 2.91. The van der Waals surface area contributed by atoms with Crippen LogP contribution in [-0.4, -0.2) is 42.4 Å². The van der Waals surface area contributed by atoms with Gasteiger partial charge >= 0.3 is 11.9 Å². The van der Waals surface area contributed by atoms with Gasteiger partial charge in [0.25, 0.3) is 0 Å². The van der Waals surface area contributed by atoms with Crippen molar-refractivity contribution in [2.45, 2.75) is 25.3 Å². The standard InChI is InChI=1S/C8H12N2O6S/c9-4-5-17(15,16)10-6(8(13)14)2-1-3-7(11)12/h6,10H,1-3,5H2,(H,11,12)(H,13,14)/t6-/m1/s1. The average molecular weight is 264 g/mol. The largest absolute Gasteiger partial charge is 0.481 e. The molecule has 9 heteroatoms. The Kier molecular flexibility index (Phi) is 6.16. The molecule has 3 N–H and O–H groups in total. The molecule has 0 heterocycles. The van der Waals surface area contributed by atoms with E-state index in [2.05, 4.69) is 0 Å². The Bertz CT molecular complexity index is 424. The summed E-state index contributed by atoms with van der Waals surface area (Å²) in [7, 11) is -3.97. The molecular formula is C8H12N2O6S. The van der Waals surface area contributed by atoms with E-state index in [4.69, 9.17) is 15.5 Å². The van der Waals surface area contributed by atoms with Gasteiger partial charge in [0.1, 0.15) is 6.04 Å². The van der Waals surface area contributed by atoms with Gasteiger partial charge in [-0.2, -0.15) is 5.26 Å². The van der Waals surface area contributed by atoms with Crippen molar-refractivity contribution in [3.05, 3.63) is 0 Å². The number of nitrogens with zero attached hydrogens (tertiary/aromatic N) is 1. The monoisotopic (exact) mass is 264 g/mol. The van der Waals surface area contributed by atoms with Crippen molar-refractivity contribution >= 4 is 22.0 Å². The van der Waals surface area contributed by atoms with E-state index >= 15 is 0 Å². The molecule has 8 nitrogen and oxygen atoms in total. The maximum absolute atomic E-state index is 11.1. The number of carbonyl (C=O) groups is 2. The van der Waals surface area contributed by atoms with Crippen molar-refractivity contribution < 1.29 is 28.2 Å². The van der Waals surface area contributed by atoms with Gasteiger partial charge < -0.3 is 10.2 Å². The molecule has 0 aromatic heterocycles. The Morgan fingerprint density at radius 1 is 1.35 bits per heavy atom. The molecule has 0 saturated heterocycles. The lowest BCUT2D eigenvalue weighted by Crippen LogP contribution is -2.41. The predicted octanol–water partition coefficient (Wildman–Crippen LogP) is -0.863. The van der Waals surface area contributed by atoms with Crippen LogP contribution in [0.25, 0.3) is 0 Å². The van der Waals surface area contributed by atoms with Gasteiger partial charge in [0.2, 0.25) is 10.0 Å². The Morgan fingerprint density at radius 3 is 2.35 bits per heavy atom. The molecule has 0 rings (SSSR count). The first kappa shape index (κ1) is 15.3. The number of nitriles is 1. The molecule has 17 heavy (non-hydrogen) atoms. The van der Waals surface area contributed by atoms with Crippen molar-refractivity contribution in [3.8, 4) is 6.07 Å². The highest BCUT2D eigenvalue weighted by Gasteiger charge is 2.23.